The SMILES string of the molecule is CCOCCn1c(=NC(=O)c2ccc(S(=O)(=O)N(CC)CC)cc2)sc2cc(OCC)ccc21. The van der Waals surface area contributed by atoms with Crippen LogP contribution in [0.5, 0.6) is 5.75 Å². The number of thiazole rings is 1. The fraction of sp³-hybridized carbons (Fsp3) is 0.417. The van der Waals surface area contributed by atoms with Crippen LogP contribution < -0.4 is 9.54 Å². The zero-order valence-corrected chi connectivity index (χ0v) is 21.6. The Labute approximate surface area is 204 Å². The molecule has 0 aliphatic heterocycles. The van der Waals surface area contributed by atoms with E-state index >= 15 is 0 Å². The van der Waals surface area contributed by atoms with Gasteiger partial charge in [-0.2, -0.15) is 9.30 Å². The molecule has 0 spiro atoms. The second kappa shape index (κ2) is 11.7. The summed E-state index contributed by atoms with van der Waals surface area (Å²) in [6.45, 7) is 10.4. The van der Waals surface area contributed by atoms with E-state index in [0.29, 0.717) is 49.8 Å². The molecule has 0 saturated heterocycles. The molecule has 0 saturated carbocycles. The highest BCUT2D eigenvalue weighted by Gasteiger charge is 2.21. The summed E-state index contributed by atoms with van der Waals surface area (Å²) < 4.78 is 40.8. The Morgan fingerprint density at radius 1 is 1.03 bits per heavy atom. The molecule has 0 aliphatic carbocycles. The molecule has 0 fully saturated rings. The third kappa shape index (κ3) is 5.75. The predicted octanol–water partition coefficient (Wildman–Crippen LogP) is 3.91. The maximum atomic E-state index is 13.0. The van der Waals surface area contributed by atoms with Crippen LogP contribution in [0.2, 0.25) is 0 Å². The first-order valence-corrected chi connectivity index (χ1v) is 13.6. The molecule has 1 amide bonds. The first-order chi connectivity index (χ1) is 16.3. The zero-order valence-electron chi connectivity index (χ0n) is 20.0. The molecule has 0 unspecified atom stereocenters. The van der Waals surface area contributed by atoms with Gasteiger partial charge in [0.1, 0.15) is 5.75 Å². The Hall–Kier alpha value is -2.53. The number of aromatic nitrogens is 1. The van der Waals surface area contributed by atoms with Gasteiger partial charge in [0.05, 0.1) is 28.3 Å². The van der Waals surface area contributed by atoms with Gasteiger partial charge in [-0.1, -0.05) is 25.2 Å². The Bertz CT molecular complexity index is 1290. The molecule has 1 aromatic heterocycles. The number of ether oxygens (including phenoxy) is 2. The Kier molecular flexibility index (Phi) is 9.01. The topological polar surface area (TPSA) is 90.2 Å². The zero-order chi connectivity index (χ0) is 24.7. The second-order valence-electron chi connectivity index (χ2n) is 7.33. The van der Waals surface area contributed by atoms with Gasteiger partial charge in [0.25, 0.3) is 5.91 Å². The first-order valence-electron chi connectivity index (χ1n) is 11.4. The molecule has 0 aliphatic rings. The molecular weight excluding hydrogens is 474 g/mol. The van der Waals surface area contributed by atoms with Crippen LogP contribution in [-0.4, -0.2) is 56.1 Å². The van der Waals surface area contributed by atoms with E-state index in [4.69, 9.17) is 9.47 Å². The number of nitrogens with zero attached hydrogens (tertiary/aromatic N) is 3. The summed E-state index contributed by atoms with van der Waals surface area (Å²) in [5, 5.41) is 0. The van der Waals surface area contributed by atoms with Crippen molar-refractivity contribution in [3.63, 3.8) is 0 Å². The Balaban J connectivity index is 1.97. The highest BCUT2D eigenvalue weighted by molar-refractivity contribution is 7.89. The third-order valence-corrected chi connectivity index (χ3v) is 8.38. The minimum Gasteiger partial charge on any atom is -0.494 e. The highest BCUT2D eigenvalue weighted by Crippen LogP contribution is 2.24. The van der Waals surface area contributed by atoms with Gasteiger partial charge in [-0.3, -0.25) is 4.79 Å². The number of hydrogen-bond acceptors (Lipinski definition) is 6. The number of hydrogen-bond donors (Lipinski definition) is 0. The number of benzene rings is 2. The molecule has 0 radical (unpaired) electrons. The number of rotatable bonds is 11. The fourth-order valence-corrected chi connectivity index (χ4v) is 6.09. The van der Waals surface area contributed by atoms with Crippen molar-refractivity contribution in [1.82, 2.24) is 8.87 Å². The van der Waals surface area contributed by atoms with Gasteiger partial charge in [0, 0.05) is 31.8 Å². The third-order valence-electron chi connectivity index (χ3n) is 5.27. The monoisotopic (exact) mass is 505 g/mol. The quantitative estimate of drug-likeness (QED) is 0.369. The summed E-state index contributed by atoms with van der Waals surface area (Å²) in [7, 11) is -3.58. The molecule has 8 nitrogen and oxygen atoms in total. The molecule has 2 aromatic carbocycles. The molecule has 0 N–H and O–H groups in total. The Morgan fingerprint density at radius 2 is 1.74 bits per heavy atom. The van der Waals surface area contributed by atoms with Crippen molar-refractivity contribution in [2.24, 2.45) is 4.99 Å². The van der Waals surface area contributed by atoms with Gasteiger partial charge >= 0.3 is 0 Å². The number of amides is 1. The van der Waals surface area contributed by atoms with Crippen LogP contribution in [0.3, 0.4) is 0 Å². The van der Waals surface area contributed by atoms with Crippen LogP contribution in [-0.2, 0) is 21.3 Å². The highest BCUT2D eigenvalue weighted by atomic mass is 32.2. The lowest BCUT2D eigenvalue weighted by atomic mass is 10.2. The van der Waals surface area contributed by atoms with E-state index in [1.165, 1.54) is 39.9 Å². The number of sulfonamides is 1. The maximum Gasteiger partial charge on any atom is 0.279 e. The minimum atomic E-state index is -3.58. The van der Waals surface area contributed by atoms with E-state index in [1.54, 1.807) is 13.8 Å². The second-order valence-corrected chi connectivity index (χ2v) is 10.3. The van der Waals surface area contributed by atoms with Gasteiger partial charge in [-0.05, 0) is 56.3 Å². The maximum absolute atomic E-state index is 13.0. The van der Waals surface area contributed by atoms with Gasteiger partial charge in [-0.25, -0.2) is 8.42 Å². The summed E-state index contributed by atoms with van der Waals surface area (Å²) in [6.07, 6.45) is 0. The average molecular weight is 506 g/mol. The normalized spacial score (nSPS) is 12.6. The van der Waals surface area contributed by atoms with Crippen LogP contribution in [0.4, 0.5) is 0 Å². The number of carbonyl (C=O) groups is 1. The van der Waals surface area contributed by atoms with Gasteiger partial charge in [-0.15, -0.1) is 0 Å². The van der Waals surface area contributed by atoms with Gasteiger partial charge < -0.3 is 14.0 Å². The predicted molar refractivity (Wildman–Crippen MR) is 134 cm³/mol. The molecule has 0 bridgehead atoms. The molecule has 0 atom stereocenters. The van der Waals surface area contributed by atoms with Crippen molar-refractivity contribution in [2.75, 3.05) is 32.9 Å². The number of carbonyl (C=O) groups excluding carboxylic acids is 1. The van der Waals surface area contributed by atoms with Crippen molar-refractivity contribution in [1.29, 1.82) is 0 Å². The molecule has 1 heterocycles. The van der Waals surface area contributed by atoms with Crippen LogP contribution >= 0.6 is 11.3 Å². The molecule has 34 heavy (non-hydrogen) atoms. The van der Waals surface area contributed by atoms with E-state index in [-0.39, 0.29) is 4.90 Å². The number of fused-ring (bicyclic) bond motifs is 1. The van der Waals surface area contributed by atoms with Crippen LogP contribution in [0.25, 0.3) is 10.2 Å². The van der Waals surface area contributed by atoms with Crippen molar-refractivity contribution >= 4 is 37.5 Å². The molecular formula is C24H31N3O5S2. The van der Waals surface area contributed by atoms with Crippen LogP contribution in [0, 0.1) is 0 Å². The fourth-order valence-electron chi connectivity index (χ4n) is 3.55. The largest absolute Gasteiger partial charge is 0.494 e. The van der Waals surface area contributed by atoms with E-state index in [0.717, 1.165) is 16.0 Å². The van der Waals surface area contributed by atoms with E-state index < -0.39 is 15.9 Å². The van der Waals surface area contributed by atoms with Crippen LogP contribution in [0.1, 0.15) is 38.1 Å². The van der Waals surface area contributed by atoms with Gasteiger partial charge in [0.15, 0.2) is 4.80 Å². The first kappa shape index (κ1) is 26.1. The summed E-state index contributed by atoms with van der Waals surface area (Å²) >= 11 is 1.40. The van der Waals surface area contributed by atoms with E-state index in [1.807, 2.05) is 36.6 Å². The minimum absolute atomic E-state index is 0.157. The molecule has 3 aromatic rings. The van der Waals surface area contributed by atoms with Crippen molar-refractivity contribution in [2.45, 2.75) is 39.1 Å². The van der Waals surface area contributed by atoms with E-state index in [2.05, 4.69) is 4.99 Å². The molecule has 184 valence electrons. The summed E-state index contributed by atoms with van der Waals surface area (Å²) in [6, 6.07) is 11.7. The lowest BCUT2D eigenvalue weighted by Gasteiger charge is -2.18. The molecule has 10 heteroatoms. The van der Waals surface area contributed by atoms with Crippen molar-refractivity contribution < 1.29 is 22.7 Å². The summed E-state index contributed by atoms with van der Waals surface area (Å²) in [4.78, 5) is 18.0. The standard InChI is InChI=1S/C24H31N3O5S2/c1-5-26(6-2)34(29,30)20-12-9-18(10-13-20)23(28)25-24-27(15-16-31-7-3)21-14-11-19(32-8-4)17-22(21)33-24/h9-14,17H,5-8,15-16H2,1-4H3. The van der Waals surface area contributed by atoms with Crippen molar-refractivity contribution in [3.05, 3.63) is 52.8 Å². The average Bonchev–Trinajstić information content (AvgIpc) is 3.16. The van der Waals surface area contributed by atoms with Crippen LogP contribution in [0.15, 0.2) is 52.4 Å². The summed E-state index contributed by atoms with van der Waals surface area (Å²) in [5.41, 5.74) is 1.27. The summed E-state index contributed by atoms with van der Waals surface area (Å²) in [5.74, 6) is 0.324. The lowest BCUT2D eigenvalue weighted by Crippen LogP contribution is -2.30. The lowest BCUT2D eigenvalue weighted by molar-refractivity contribution is 0.0996. The van der Waals surface area contributed by atoms with E-state index in [9.17, 15) is 13.2 Å². The molecule has 3 rings (SSSR count). The smallest absolute Gasteiger partial charge is 0.279 e. The Morgan fingerprint density at radius 3 is 2.35 bits per heavy atom. The van der Waals surface area contributed by atoms with Crippen molar-refractivity contribution in [3.8, 4) is 5.75 Å². The van der Waals surface area contributed by atoms with Gasteiger partial charge in [0.2, 0.25) is 10.0 Å².